The molecule has 15 heavy (non-hydrogen) atoms. The second kappa shape index (κ2) is 5.91. The zero-order valence-electron chi connectivity index (χ0n) is 10.1. The van der Waals surface area contributed by atoms with Crippen molar-refractivity contribution in [1.29, 1.82) is 0 Å². The van der Waals surface area contributed by atoms with Gasteiger partial charge in [-0.1, -0.05) is 13.8 Å². The lowest BCUT2D eigenvalue weighted by Gasteiger charge is -2.12. The first-order valence-corrected chi connectivity index (χ1v) is 5.88. The van der Waals surface area contributed by atoms with Crippen LogP contribution < -0.4 is 5.73 Å². The topological polar surface area (TPSA) is 43.8 Å². The Morgan fingerprint density at radius 2 is 2.20 bits per heavy atom. The Bertz CT molecular complexity index is 278. The maximum absolute atomic E-state index is 6.03. The number of hydrogen-bond donors (Lipinski definition) is 1. The van der Waals surface area contributed by atoms with Gasteiger partial charge in [0.05, 0.1) is 6.20 Å². The van der Waals surface area contributed by atoms with Crippen LogP contribution in [0.5, 0.6) is 0 Å². The molecule has 3 nitrogen and oxygen atoms in total. The molecular formula is C12H23N3. The Balaban J connectivity index is 2.30. The van der Waals surface area contributed by atoms with E-state index in [0.717, 1.165) is 25.8 Å². The number of aryl methyl sites for hydroxylation is 2. The first kappa shape index (κ1) is 12.2. The molecule has 0 saturated carbocycles. The van der Waals surface area contributed by atoms with Crippen molar-refractivity contribution in [1.82, 2.24) is 9.78 Å². The highest BCUT2D eigenvalue weighted by Gasteiger charge is 2.06. The molecule has 0 radical (unpaired) electrons. The quantitative estimate of drug-likeness (QED) is 0.780. The molecule has 0 aromatic carbocycles. The highest BCUT2D eigenvalue weighted by Crippen LogP contribution is 2.09. The zero-order chi connectivity index (χ0) is 11.3. The summed E-state index contributed by atoms with van der Waals surface area (Å²) in [6.07, 6.45) is 7.29. The van der Waals surface area contributed by atoms with Crippen LogP contribution in [0.2, 0.25) is 0 Å². The van der Waals surface area contributed by atoms with E-state index in [1.807, 2.05) is 10.9 Å². The van der Waals surface area contributed by atoms with Crippen LogP contribution in [0, 0.1) is 5.92 Å². The van der Waals surface area contributed by atoms with E-state index < -0.39 is 0 Å². The van der Waals surface area contributed by atoms with Gasteiger partial charge in [0.1, 0.15) is 0 Å². The lowest BCUT2D eigenvalue weighted by Crippen LogP contribution is -2.22. The van der Waals surface area contributed by atoms with Gasteiger partial charge >= 0.3 is 0 Å². The van der Waals surface area contributed by atoms with Crippen molar-refractivity contribution < 1.29 is 0 Å². The maximum atomic E-state index is 6.03. The Kier molecular flexibility index (Phi) is 4.82. The fraction of sp³-hybridized carbons (Fsp3) is 0.750. The maximum Gasteiger partial charge on any atom is 0.0521 e. The van der Waals surface area contributed by atoms with Crippen LogP contribution in [0.4, 0.5) is 0 Å². The second-order valence-corrected chi connectivity index (χ2v) is 4.63. The highest BCUT2D eigenvalue weighted by molar-refractivity contribution is 5.04. The molecule has 0 aliphatic carbocycles. The van der Waals surface area contributed by atoms with Gasteiger partial charge in [0.25, 0.3) is 0 Å². The normalized spacial score (nSPS) is 13.4. The zero-order valence-corrected chi connectivity index (χ0v) is 10.1. The molecule has 1 rings (SSSR count). The summed E-state index contributed by atoms with van der Waals surface area (Å²) in [6, 6.07) is 0.329. The summed E-state index contributed by atoms with van der Waals surface area (Å²) in [7, 11) is 0. The summed E-state index contributed by atoms with van der Waals surface area (Å²) in [6.45, 7) is 7.48. The molecule has 1 heterocycles. The lowest BCUT2D eigenvalue weighted by atomic mass is 9.99. The molecule has 0 bridgehead atoms. The van der Waals surface area contributed by atoms with Crippen molar-refractivity contribution in [2.24, 2.45) is 11.7 Å². The average molecular weight is 209 g/mol. The van der Waals surface area contributed by atoms with Crippen LogP contribution in [0.3, 0.4) is 0 Å². The molecule has 1 aromatic heterocycles. The molecule has 0 aliphatic rings. The monoisotopic (exact) mass is 209 g/mol. The van der Waals surface area contributed by atoms with Gasteiger partial charge in [-0.3, -0.25) is 4.68 Å². The summed E-state index contributed by atoms with van der Waals surface area (Å²) in [5.74, 6) is 0.693. The van der Waals surface area contributed by atoms with Gasteiger partial charge in [-0.05, 0) is 37.7 Å². The first-order valence-electron chi connectivity index (χ1n) is 5.88. The second-order valence-electron chi connectivity index (χ2n) is 4.63. The number of rotatable bonds is 6. The lowest BCUT2D eigenvalue weighted by molar-refractivity contribution is 0.473. The molecule has 0 saturated heterocycles. The Morgan fingerprint density at radius 1 is 1.47 bits per heavy atom. The first-order chi connectivity index (χ1) is 7.11. The summed E-state index contributed by atoms with van der Waals surface area (Å²) in [4.78, 5) is 0. The predicted molar refractivity (Wildman–Crippen MR) is 63.7 cm³/mol. The van der Waals surface area contributed by atoms with Gasteiger partial charge < -0.3 is 5.73 Å². The minimum atomic E-state index is 0.329. The Labute approximate surface area is 92.7 Å². The summed E-state index contributed by atoms with van der Waals surface area (Å²) < 4.78 is 1.96. The number of nitrogens with zero attached hydrogens (tertiary/aromatic N) is 2. The van der Waals surface area contributed by atoms with Gasteiger partial charge in [-0.15, -0.1) is 0 Å². The van der Waals surface area contributed by atoms with Crippen LogP contribution in [-0.2, 0) is 13.0 Å². The van der Waals surface area contributed by atoms with E-state index in [-0.39, 0.29) is 0 Å². The minimum absolute atomic E-state index is 0.329. The predicted octanol–water partition coefficient (Wildman–Crippen LogP) is 2.21. The van der Waals surface area contributed by atoms with E-state index in [9.17, 15) is 0 Å². The van der Waals surface area contributed by atoms with E-state index in [0.29, 0.717) is 12.0 Å². The van der Waals surface area contributed by atoms with E-state index >= 15 is 0 Å². The molecule has 0 fully saturated rings. The van der Waals surface area contributed by atoms with Gasteiger partial charge in [0, 0.05) is 18.8 Å². The van der Waals surface area contributed by atoms with E-state index in [1.54, 1.807) is 0 Å². The van der Waals surface area contributed by atoms with Crippen LogP contribution in [-0.4, -0.2) is 15.8 Å². The van der Waals surface area contributed by atoms with Gasteiger partial charge in [0.2, 0.25) is 0 Å². The number of hydrogen-bond acceptors (Lipinski definition) is 2. The minimum Gasteiger partial charge on any atom is -0.328 e. The van der Waals surface area contributed by atoms with Gasteiger partial charge in [-0.25, -0.2) is 0 Å². The molecule has 1 unspecified atom stereocenters. The van der Waals surface area contributed by atoms with E-state index in [1.165, 1.54) is 5.56 Å². The van der Waals surface area contributed by atoms with Crippen LogP contribution >= 0.6 is 0 Å². The average Bonchev–Trinajstić information content (AvgIpc) is 2.61. The third-order valence-corrected chi connectivity index (χ3v) is 2.59. The third-order valence-electron chi connectivity index (χ3n) is 2.59. The van der Waals surface area contributed by atoms with Crippen molar-refractivity contribution in [3.63, 3.8) is 0 Å². The van der Waals surface area contributed by atoms with Crippen molar-refractivity contribution in [2.45, 2.75) is 52.6 Å². The molecular weight excluding hydrogens is 186 g/mol. The van der Waals surface area contributed by atoms with Crippen molar-refractivity contribution in [3.8, 4) is 0 Å². The fourth-order valence-electron chi connectivity index (χ4n) is 1.78. The molecule has 1 atom stereocenters. The van der Waals surface area contributed by atoms with E-state index in [2.05, 4.69) is 32.1 Å². The summed E-state index contributed by atoms with van der Waals surface area (Å²) in [5, 5.41) is 4.25. The SMILES string of the molecule is CCn1cc(CCC(N)CC(C)C)cn1. The van der Waals surface area contributed by atoms with Crippen LogP contribution in [0.25, 0.3) is 0 Å². The van der Waals surface area contributed by atoms with Gasteiger partial charge in [-0.2, -0.15) is 5.10 Å². The van der Waals surface area contributed by atoms with Crippen LogP contribution in [0.15, 0.2) is 12.4 Å². The molecule has 0 amide bonds. The molecule has 1 aromatic rings. The molecule has 86 valence electrons. The number of nitrogens with two attached hydrogens (primary N) is 1. The van der Waals surface area contributed by atoms with Crippen molar-refractivity contribution >= 4 is 0 Å². The third kappa shape index (κ3) is 4.47. The standard InChI is InChI=1S/C12H23N3/c1-4-15-9-11(8-14-15)5-6-12(13)7-10(2)3/h8-10,12H,4-7,13H2,1-3H3. The number of aromatic nitrogens is 2. The summed E-state index contributed by atoms with van der Waals surface area (Å²) in [5.41, 5.74) is 7.34. The highest BCUT2D eigenvalue weighted by atomic mass is 15.3. The smallest absolute Gasteiger partial charge is 0.0521 e. The summed E-state index contributed by atoms with van der Waals surface area (Å²) >= 11 is 0. The molecule has 2 N–H and O–H groups in total. The Hall–Kier alpha value is -0.830. The molecule has 0 aliphatic heterocycles. The Morgan fingerprint density at radius 3 is 2.73 bits per heavy atom. The van der Waals surface area contributed by atoms with Crippen LogP contribution in [0.1, 0.15) is 39.2 Å². The molecule has 0 spiro atoms. The van der Waals surface area contributed by atoms with E-state index in [4.69, 9.17) is 5.73 Å². The van der Waals surface area contributed by atoms with Gasteiger partial charge in [0.15, 0.2) is 0 Å². The van der Waals surface area contributed by atoms with Crippen molar-refractivity contribution in [3.05, 3.63) is 18.0 Å². The largest absolute Gasteiger partial charge is 0.328 e. The molecule has 3 heteroatoms. The fourth-order valence-corrected chi connectivity index (χ4v) is 1.78. The van der Waals surface area contributed by atoms with Crippen molar-refractivity contribution in [2.75, 3.05) is 0 Å².